The van der Waals surface area contributed by atoms with Gasteiger partial charge in [-0.2, -0.15) is 0 Å². The van der Waals surface area contributed by atoms with Crippen molar-refractivity contribution in [2.75, 3.05) is 112 Å². The number of hydrogen-bond donors (Lipinski definition) is 4. The van der Waals surface area contributed by atoms with Crippen LogP contribution in [0.2, 0.25) is 0 Å². The summed E-state index contributed by atoms with van der Waals surface area (Å²) in [5, 5.41) is 28.5. The van der Waals surface area contributed by atoms with Crippen molar-refractivity contribution in [2.45, 2.75) is 56.6 Å². The van der Waals surface area contributed by atoms with Gasteiger partial charge >= 0.3 is 0 Å². The van der Waals surface area contributed by atoms with E-state index >= 15 is 0 Å². The monoisotopic (exact) mass is 947 g/mol. The summed E-state index contributed by atoms with van der Waals surface area (Å²) in [4.78, 5) is 38.6. The molecule has 3 fully saturated rings. The largest absolute Gasteiger partial charge is 0.393 e. The lowest BCUT2D eigenvalue weighted by molar-refractivity contribution is -0.384. The Morgan fingerprint density at radius 2 is 1.50 bits per heavy atom. The average Bonchev–Trinajstić information content (AvgIpc) is 3.62. The fraction of sp³-hybridized carbons (Fsp3) is 0.442. The molecule has 3 aliphatic rings. The number of halogens is 1. The molecule has 0 radical (unpaired) electrons. The Labute approximate surface area is 404 Å². The predicted molar refractivity (Wildman–Crippen MR) is 275 cm³/mol. The van der Waals surface area contributed by atoms with E-state index < -0.39 is 0 Å². The lowest BCUT2D eigenvalue weighted by Crippen LogP contribution is -2.46. The standard InChI is InChI=1S/C52H67FN10O4S/c1-37(19-24-60-25-20-45(64)21-26-60)55-47-18-17-46(36-48(47)63(66)67)68-56-42-13-15-43(16-14-42)61-31-33-62(34-32-61)44-8-5-7-40(35-44)50-49(38(2)58(4)51(50)39-9-11-41(53)12-10-39)52(65)54-22-6-23-59-29-27-57(3)28-30-59/h5,7-18,35-37,45,55-56,64H,6,19-34H2,1-4H3,(H,54,65)/t37-/m0/s1. The quantitative estimate of drug-likeness (QED) is 0.0292. The van der Waals surface area contributed by atoms with Crippen LogP contribution in [0.3, 0.4) is 0 Å². The second kappa shape index (κ2) is 22.6. The van der Waals surface area contributed by atoms with E-state index in [2.05, 4.69) is 87.9 Å². The second-order valence-electron chi connectivity index (χ2n) is 18.6. The number of nitro benzene ring substituents is 1. The van der Waals surface area contributed by atoms with E-state index in [1.165, 1.54) is 24.1 Å². The van der Waals surface area contributed by atoms with Crippen molar-refractivity contribution in [3.63, 3.8) is 0 Å². The molecule has 0 spiro atoms. The van der Waals surface area contributed by atoms with Crippen LogP contribution in [0.25, 0.3) is 22.4 Å². The number of benzene rings is 4. The zero-order chi connectivity index (χ0) is 47.7. The lowest BCUT2D eigenvalue weighted by Gasteiger charge is -2.37. The molecule has 5 aromatic rings. The number of piperidine rings is 1. The molecule has 1 atom stereocenters. The average molecular weight is 947 g/mol. The fourth-order valence-corrected chi connectivity index (χ4v) is 10.3. The number of aromatic nitrogens is 1. The van der Waals surface area contributed by atoms with Crippen LogP contribution < -0.4 is 25.2 Å². The number of aliphatic hydroxyl groups excluding tert-OH is 1. The van der Waals surface area contributed by atoms with Crippen LogP contribution in [-0.2, 0) is 7.05 Å². The molecule has 0 bridgehead atoms. The summed E-state index contributed by atoms with van der Waals surface area (Å²) in [5.41, 5.74) is 8.67. The number of likely N-dealkylation sites (N-methyl/N-ethyl adjacent to an activating group) is 1. The Morgan fingerprint density at radius 3 is 2.19 bits per heavy atom. The van der Waals surface area contributed by atoms with Crippen molar-refractivity contribution in [1.82, 2.24) is 24.6 Å². The molecule has 4 aromatic carbocycles. The third-order valence-electron chi connectivity index (χ3n) is 13.9. The minimum atomic E-state index is -0.332. The van der Waals surface area contributed by atoms with E-state index in [4.69, 9.17) is 0 Å². The molecule has 16 heteroatoms. The topological polar surface area (TPSA) is 138 Å². The van der Waals surface area contributed by atoms with Gasteiger partial charge in [0.05, 0.1) is 22.3 Å². The molecular formula is C52H67FN10O4S. The van der Waals surface area contributed by atoms with Gasteiger partial charge in [-0.15, -0.1) is 0 Å². The molecule has 14 nitrogen and oxygen atoms in total. The maximum absolute atomic E-state index is 14.2. The molecule has 1 aromatic heterocycles. The smallest absolute Gasteiger partial charge is 0.293 e. The number of likely N-dealkylation sites (tertiary alicyclic amines) is 1. The van der Waals surface area contributed by atoms with Gasteiger partial charge in [0.1, 0.15) is 11.5 Å². The number of amides is 1. The van der Waals surface area contributed by atoms with Crippen LogP contribution in [0, 0.1) is 22.9 Å². The van der Waals surface area contributed by atoms with Crippen molar-refractivity contribution < 1.29 is 19.2 Å². The second-order valence-corrected chi connectivity index (χ2v) is 19.5. The number of anilines is 4. The number of rotatable bonds is 18. The first-order valence-electron chi connectivity index (χ1n) is 24.1. The first kappa shape index (κ1) is 48.8. The third-order valence-corrected chi connectivity index (χ3v) is 14.7. The highest BCUT2D eigenvalue weighted by Crippen LogP contribution is 2.40. The molecular weight excluding hydrogens is 880 g/mol. The Morgan fingerprint density at radius 1 is 0.824 bits per heavy atom. The summed E-state index contributed by atoms with van der Waals surface area (Å²) in [5.74, 6) is -0.404. The van der Waals surface area contributed by atoms with Crippen LogP contribution in [-0.4, -0.2) is 139 Å². The Balaban J connectivity index is 0.880. The van der Waals surface area contributed by atoms with Crippen molar-refractivity contribution in [2.24, 2.45) is 7.05 Å². The van der Waals surface area contributed by atoms with Gasteiger partial charge in [-0.25, -0.2) is 4.39 Å². The molecule has 362 valence electrons. The number of piperazine rings is 2. The van der Waals surface area contributed by atoms with Gasteiger partial charge < -0.3 is 49.5 Å². The molecule has 4 heterocycles. The Hall–Kier alpha value is -5.65. The van der Waals surface area contributed by atoms with Crippen LogP contribution >= 0.6 is 11.9 Å². The van der Waals surface area contributed by atoms with Crippen molar-refractivity contribution >= 4 is 46.3 Å². The van der Waals surface area contributed by atoms with E-state index in [1.807, 2.05) is 39.1 Å². The fourth-order valence-electron chi connectivity index (χ4n) is 9.62. The van der Waals surface area contributed by atoms with Gasteiger partial charge in [0, 0.05) is 131 Å². The first-order chi connectivity index (χ1) is 32.9. The number of aliphatic hydroxyl groups is 1. The molecule has 4 N–H and O–H groups in total. The van der Waals surface area contributed by atoms with Crippen molar-refractivity contribution in [3.05, 3.63) is 118 Å². The Bertz CT molecular complexity index is 2480. The van der Waals surface area contributed by atoms with E-state index in [0.29, 0.717) is 17.8 Å². The highest BCUT2D eigenvalue weighted by atomic mass is 32.2. The minimum Gasteiger partial charge on any atom is -0.393 e. The Kier molecular flexibility index (Phi) is 16.2. The normalized spacial score (nSPS) is 17.0. The minimum absolute atomic E-state index is 0.0472. The zero-order valence-electron chi connectivity index (χ0n) is 39.9. The summed E-state index contributed by atoms with van der Waals surface area (Å²) < 4.78 is 19.6. The number of nitrogens with one attached hydrogen (secondary N) is 3. The highest BCUT2D eigenvalue weighted by molar-refractivity contribution is 8.00. The maximum atomic E-state index is 14.2. The van der Waals surface area contributed by atoms with Crippen LogP contribution in [0.4, 0.5) is 32.8 Å². The van der Waals surface area contributed by atoms with E-state index in [9.17, 15) is 24.4 Å². The van der Waals surface area contributed by atoms with Crippen LogP contribution in [0.5, 0.6) is 0 Å². The molecule has 68 heavy (non-hydrogen) atoms. The summed E-state index contributed by atoms with van der Waals surface area (Å²) in [6.45, 7) is 15.7. The molecule has 0 aliphatic carbocycles. The van der Waals surface area contributed by atoms with E-state index in [-0.39, 0.29) is 34.5 Å². The number of nitro groups is 1. The molecule has 3 aliphatic heterocycles. The van der Waals surface area contributed by atoms with Crippen molar-refractivity contribution in [1.29, 1.82) is 0 Å². The zero-order valence-corrected chi connectivity index (χ0v) is 40.7. The molecule has 0 saturated carbocycles. The summed E-state index contributed by atoms with van der Waals surface area (Å²) in [6.07, 6.45) is 3.11. The van der Waals surface area contributed by atoms with Crippen molar-refractivity contribution in [3.8, 4) is 22.4 Å². The van der Waals surface area contributed by atoms with Gasteiger partial charge in [0.25, 0.3) is 11.6 Å². The molecule has 0 unspecified atom stereocenters. The number of carbonyl (C=O) groups excluding carboxylic acids is 1. The summed E-state index contributed by atoms with van der Waals surface area (Å²) in [6, 6.07) is 28.6. The number of hydrogen-bond acceptors (Lipinski definition) is 12. The van der Waals surface area contributed by atoms with Gasteiger partial charge in [-0.1, -0.05) is 12.1 Å². The van der Waals surface area contributed by atoms with Gasteiger partial charge in [0.2, 0.25) is 0 Å². The SMILES string of the molecule is Cc1c(C(=O)NCCCN2CCN(C)CC2)c(-c2cccc(N3CCN(c4ccc(NSc5ccc(N[C@@H](C)CCN6CCC(O)CC6)c([N+](=O)[O-])c5)cc4)CC3)c2)c(-c2ccc(F)cc2)n1C. The van der Waals surface area contributed by atoms with Gasteiger partial charge in [-0.05, 0) is 149 Å². The summed E-state index contributed by atoms with van der Waals surface area (Å²) >= 11 is 1.34. The van der Waals surface area contributed by atoms with Gasteiger partial charge in [0.15, 0.2) is 0 Å². The molecule has 3 saturated heterocycles. The first-order valence-corrected chi connectivity index (χ1v) is 24.9. The number of carbonyl (C=O) groups is 1. The summed E-state index contributed by atoms with van der Waals surface area (Å²) in [7, 11) is 4.13. The van der Waals surface area contributed by atoms with E-state index in [1.54, 1.807) is 24.3 Å². The van der Waals surface area contributed by atoms with Crippen LogP contribution in [0.1, 0.15) is 48.7 Å². The molecule has 8 rings (SSSR count). The molecule has 1 amide bonds. The van der Waals surface area contributed by atoms with E-state index in [0.717, 1.165) is 154 Å². The van der Waals surface area contributed by atoms with Gasteiger partial charge in [-0.3, -0.25) is 14.9 Å². The highest BCUT2D eigenvalue weighted by Gasteiger charge is 2.28. The van der Waals surface area contributed by atoms with Crippen LogP contribution in [0.15, 0.2) is 95.9 Å². The predicted octanol–water partition coefficient (Wildman–Crippen LogP) is 8.18. The lowest BCUT2D eigenvalue weighted by atomic mass is 9.95. The third kappa shape index (κ3) is 12.1. The maximum Gasteiger partial charge on any atom is 0.293 e. The number of nitrogens with zero attached hydrogens (tertiary/aromatic N) is 7.